The number of nitrogens with two attached hydrogens (primary N) is 1. The van der Waals surface area contributed by atoms with Gasteiger partial charge in [-0.25, -0.2) is 0 Å². The summed E-state index contributed by atoms with van der Waals surface area (Å²) in [7, 11) is 0. The molecule has 0 bridgehead atoms. The van der Waals surface area contributed by atoms with Crippen LogP contribution in [0.25, 0.3) is 0 Å². The molecule has 0 saturated carbocycles. The van der Waals surface area contributed by atoms with Crippen LogP contribution in [0.4, 0.5) is 13.2 Å². The van der Waals surface area contributed by atoms with Crippen LogP contribution in [0.3, 0.4) is 0 Å². The van der Waals surface area contributed by atoms with Gasteiger partial charge in [0.15, 0.2) is 0 Å². The Balaban J connectivity index is 3.08. The molecule has 0 aliphatic rings. The molecule has 1 aromatic rings. The summed E-state index contributed by atoms with van der Waals surface area (Å²) in [6, 6.07) is 3.83. The molecule has 0 saturated heterocycles. The maximum absolute atomic E-state index is 12.0. The van der Waals surface area contributed by atoms with E-state index in [-0.39, 0.29) is 5.75 Å². The molecule has 6 heteroatoms. The summed E-state index contributed by atoms with van der Waals surface area (Å²) in [5, 5.41) is 0. The monoisotopic (exact) mass is 283 g/mol. The molecule has 0 aliphatic heterocycles. The van der Waals surface area contributed by atoms with Crippen molar-refractivity contribution in [3.63, 3.8) is 0 Å². The highest BCUT2D eigenvalue weighted by molar-refractivity contribution is 9.10. The predicted molar refractivity (Wildman–Crippen MR) is 53.4 cm³/mol. The summed E-state index contributed by atoms with van der Waals surface area (Å²) in [5.41, 5.74) is 5.84. The van der Waals surface area contributed by atoms with E-state index in [0.29, 0.717) is 10.0 Å². The number of halogens is 4. The molecule has 2 N–H and O–H groups in total. The van der Waals surface area contributed by atoms with Gasteiger partial charge in [0.1, 0.15) is 5.75 Å². The minimum atomic E-state index is -4.70. The lowest BCUT2D eigenvalue weighted by Crippen LogP contribution is -2.19. The Bertz CT molecular complexity index is 352. The minimum absolute atomic E-state index is 0.271. The van der Waals surface area contributed by atoms with Crippen LogP contribution in [0.2, 0.25) is 0 Å². The minimum Gasteiger partial charge on any atom is -0.405 e. The van der Waals surface area contributed by atoms with E-state index in [4.69, 9.17) is 5.73 Å². The molecule has 0 fully saturated rings. The standard InChI is InChI=1S/C9H9BrF3NO/c1-5(14)7-3-2-6(10)4-8(7)15-9(11,12)13/h2-5H,14H2,1H3/t5-/m0/s1. The highest BCUT2D eigenvalue weighted by Gasteiger charge is 2.32. The Morgan fingerprint density at radius 1 is 1.40 bits per heavy atom. The largest absolute Gasteiger partial charge is 0.573 e. The molecule has 0 aromatic heterocycles. The third-order valence-electron chi connectivity index (χ3n) is 1.69. The fraction of sp³-hybridized carbons (Fsp3) is 0.333. The second-order valence-electron chi connectivity index (χ2n) is 3.02. The van der Waals surface area contributed by atoms with Gasteiger partial charge in [0.25, 0.3) is 0 Å². The highest BCUT2D eigenvalue weighted by Crippen LogP contribution is 2.31. The van der Waals surface area contributed by atoms with Crippen LogP contribution < -0.4 is 10.5 Å². The highest BCUT2D eigenvalue weighted by atomic mass is 79.9. The Hall–Kier alpha value is -0.750. The molecule has 15 heavy (non-hydrogen) atoms. The van der Waals surface area contributed by atoms with Gasteiger partial charge in [0.2, 0.25) is 0 Å². The van der Waals surface area contributed by atoms with Crippen LogP contribution in [0.15, 0.2) is 22.7 Å². The van der Waals surface area contributed by atoms with Crippen molar-refractivity contribution in [1.82, 2.24) is 0 Å². The molecule has 1 atom stereocenters. The first-order valence-corrected chi connectivity index (χ1v) is 4.89. The van der Waals surface area contributed by atoms with E-state index in [1.165, 1.54) is 12.1 Å². The Morgan fingerprint density at radius 2 is 2.00 bits per heavy atom. The molecule has 0 aliphatic carbocycles. The van der Waals surface area contributed by atoms with Crippen LogP contribution in [0, 0.1) is 0 Å². The van der Waals surface area contributed by atoms with Crippen LogP contribution in [-0.4, -0.2) is 6.36 Å². The first-order chi connectivity index (χ1) is 6.79. The van der Waals surface area contributed by atoms with E-state index in [1.54, 1.807) is 13.0 Å². The number of hydrogen-bond donors (Lipinski definition) is 1. The van der Waals surface area contributed by atoms with Gasteiger partial charge in [-0.3, -0.25) is 0 Å². The van der Waals surface area contributed by atoms with E-state index in [2.05, 4.69) is 20.7 Å². The van der Waals surface area contributed by atoms with Crippen LogP contribution in [0.5, 0.6) is 5.75 Å². The van der Waals surface area contributed by atoms with Crippen molar-refractivity contribution in [1.29, 1.82) is 0 Å². The van der Waals surface area contributed by atoms with Gasteiger partial charge in [-0.1, -0.05) is 22.0 Å². The van der Waals surface area contributed by atoms with Crippen molar-refractivity contribution in [3.8, 4) is 5.75 Å². The normalized spacial score (nSPS) is 13.7. The van der Waals surface area contributed by atoms with Gasteiger partial charge in [0.05, 0.1) is 0 Å². The zero-order chi connectivity index (χ0) is 11.6. The number of hydrogen-bond acceptors (Lipinski definition) is 2. The van der Waals surface area contributed by atoms with Gasteiger partial charge in [0, 0.05) is 16.1 Å². The molecular formula is C9H9BrF3NO. The first kappa shape index (κ1) is 12.3. The van der Waals surface area contributed by atoms with Gasteiger partial charge >= 0.3 is 6.36 Å². The molecule has 84 valence electrons. The third-order valence-corrected chi connectivity index (χ3v) is 2.19. The van der Waals surface area contributed by atoms with Crippen molar-refractivity contribution < 1.29 is 17.9 Å². The second-order valence-corrected chi connectivity index (χ2v) is 3.93. The average molecular weight is 284 g/mol. The van der Waals surface area contributed by atoms with E-state index in [1.807, 2.05) is 0 Å². The summed E-state index contributed by atoms with van der Waals surface area (Å²) in [6.45, 7) is 1.59. The van der Waals surface area contributed by atoms with Gasteiger partial charge < -0.3 is 10.5 Å². The summed E-state index contributed by atoms with van der Waals surface area (Å²) in [6.07, 6.45) is -4.70. The lowest BCUT2D eigenvalue weighted by atomic mass is 10.1. The number of alkyl halides is 3. The predicted octanol–water partition coefficient (Wildman–Crippen LogP) is 3.37. The van der Waals surface area contributed by atoms with Crippen molar-refractivity contribution >= 4 is 15.9 Å². The average Bonchev–Trinajstić information content (AvgIpc) is 1.99. The Labute approximate surface area is 93.3 Å². The molecule has 0 radical (unpaired) electrons. The quantitative estimate of drug-likeness (QED) is 0.903. The van der Waals surface area contributed by atoms with E-state index in [0.717, 1.165) is 0 Å². The maximum Gasteiger partial charge on any atom is 0.573 e. The van der Waals surface area contributed by atoms with Crippen molar-refractivity contribution in [2.45, 2.75) is 19.3 Å². The molecule has 2 nitrogen and oxygen atoms in total. The summed E-state index contributed by atoms with van der Waals surface area (Å²) < 4.78 is 40.5. The SMILES string of the molecule is C[C@H](N)c1ccc(Br)cc1OC(F)(F)F. The van der Waals surface area contributed by atoms with Crippen molar-refractivity contribution in [2.24, 2.45) is 5.73 Å². The molecule has 0 unspecified atom stereocenters. The van der Waals surface area contributed by atoms with Gasteiger partial charge in [-0.2, -0.15) is 0 Å². The lowest BCUT2D eigenvalue weighted by Gasteiger charge is -2.15. The summed E-state index contributed by atoms with van der Waals surface area (Å²) in [5.74, 6) is -0.271. The van der Waals surface area contributed by atoms with Gasteiger partial charge in [-0.15, -0.1) is 13.2 Å². The van der Waals surface area contributed by atoms with Crippen molar-refractivity contribution in [3.05, 3.63) is 28.2 Å². The van der Waals surface area contributed by atoms with Crippen molar-refractivity contribution in [2.75, 3.05) is 0 Å². The Morgan fingerprint density at radius 3 is 2.47 bits per heavy atom. The second kappa shape index (κ2) is 4.40. The number of rotatable bonds is 2. The fourth-order valence-electron chi connectivity index (χ4n) is 1.10. The zero-order valence-electron chi connectivity index (χ0n) is 7.81. The van der Waals surface area contributed by atoms with Gasteiger partial charge in [-0.05, 0) is 19.1 Å². The zero-order valence-corrected chi connectivity index (χ0v) is 9.39. The van der Waals surface area contributed by atoms with Crippen LogP contribution in [-0.2, 0) is 0 Å². The maximum atomic E-state index is 12.0. The molecule has 0 spiro atoms. The number of benzene rings is 1. The summed E-state index contributed by atoms with van der Waals surface area (Å²) in [4.78, 5) is 0. The molecule has 1 rings (SSSR count). The molecular weight excluding hydrogens is 275 g/mol. The molecule has 1 aromatic carbocycles. The fourth-order valence-corrected chi connectivity index (χ4v) is 1.44. The third kappa shape index (κ3) is 3.71. The smallest absolute Gasteiger partial charge is 0.405 e. The van der Waals surface area contributed by atoms with Crippen LogP contribution in [0.1, 0.15) is 18.5 Å². The van der Waals surface area contributed by atoms with E-state index in [9.17, 15) is 13.2 Å². The molecule has 0 heterocycles. The topological polar surface area (TPSA) is 35.2 Å². The first-order valence-electron chi connectivity index (χ1n) is 4.10. The van der Waals surface area contributed by atoms with Crippen LogP contribution >= 0.6 is 15.9 Å². The molecule has 0 amide bonds. The summed E-state index contributed by atoms with van der Waals surface area (Å²) >= 11 is 3.06. The Kier molecular flexibility index (Phi) is 3.62. The lowest BCUT2D eigenvalue weighted by molar-refractivity contribution is -0.275. The number of ether oxygens (including phenoxy) is 1. The van der Waals surface area contributed by atoms with E-state index < -0.39 is 12.4 Å². The van der Waals surface area contributed by atoms with E-state index >= 15 is 0 Å².